The first-order valence-electron chi connectivity index (χ1n) is 7.45. The van der Waals surface area contributed by atoms with Crippen LogP contribution in [-0.2, 0) is 11.3 Å². The minimum atomic E-state index is -0.778. The average Bonchev–Trinajstić information content (AvgIpc) is 2.63. The molecule has 0 aliphatic carbocycles. The van der Waals surface area contributed by atoms with E-state index in [2.05, 4.69) is 4.74 Å². The molecule has 0 bridgehead atoms. The summed E-state index contributed by atoms with van der Waals surface area (Å²) < 4.78 is 6.08. The van der Waals surface area contributed by atoms with Gasteiger partial charge in [0.2, 0.25) is 0 Å². The molecule has 1 aromatic heterocycles. The molecule has 3 aromatic rings. The maximum Gasteiger partial charge on any atom is 0.343 e. The Morgan fingerprint density at radius 3 is 2.52 bits per heavy atom. The lowest BCUT2D eigenvalue weighted by Crippen LogP contribution is -2.27. The molecule has 0 spiro atoms. The fourth-order valence-electron chi connectivity index (χ4n) is 2.67. The van der Waals surface area contributed by atoms with Crippen molar-refractivity contribution in [1.29, 1.82) is 0 Å². The Hall–Kier alpha value is -3.48. The van der Waals surface area contributed by atoms with Gasteiger partial charge >= 0.3 is 5.97 Å². The van der Waals surface area contributed by atoms with Gasteiger partial charge < -0.3 is 9.30 Å². The summed E-state index contributed by atoms with van der Waals surface area (Å²) in [6.45, 7) is 0.235. The maximum atomic E-state index is 12.7. The van der Waals surface area contributed by atoms with E-state index >= 15 is 0 Å². The van der Waals surface area contributed by atoms with Crippen LogP contribution in [0.5, 0.6) is 0 Å². The van der Waals surface area contributed by atoms with Crippen molar-refractivity contribution in [1.82, 2.24) is 4.57 Å². The summed E-state index contributed by atoms with van der Waals surface area (Å²) in [5.74, 6) is -0.778. The molecule has 7 heteroatoms. The monoisotopic (exact) mass is 338 g/mol. The van der Waals surface area contributed by atoms with Gasteiger partial charge in [0.05, 0.1) is 24.1 Å². The number of hydrogen-bond acceptors (Lipinski definition) is 5. The molecule has 0 aliphatic rings. The second-order valence-electron chi connectivity index (χ2n) is 5.43. The van der Waals surface area contributed by atoms with E-state index in [1.807, 2.05) is 30.3 Å². The smallest absolute Gasteiger partial charge is 0.343 e. The molecule has 126 valence electrons. The second kappa shape index (κ2) is 6.56. The first-order valence-corrected chi connectivity index (χ1v) is 7.45. The van der Waals surface area contributed by atoms with Gasteiger partial charge in [-0.1, -0.05) is 30.3 Å². The molecule has 0 atom stereocenters. The number of benzene rings is 2. The summed E-state index contributed by atoms with van der Waals surface area (Å²) >= 11 is 0. The Bertz CT molecular complexity index is 1020. The molecule has 0 aliphatic heterocycles. The zero-order chi connectivity index (χ0) is 18.0. The fourth-order valence-corrected chi connectivity index (χ4v) is 2.67. The van der Waals surface area contributed by atoms with E-state index in [0.717, 1.165) is 5.56 Å². The molecule has 0 amide bonds. The van der Waals surface area contributed by atoms with E-state index in [4.69, 9.17) is 0 Å². The minimum absolute atomic E-state index is 0.117. The number of nitro groups is 1. The quantitative estimate of drug-likeness (QED) is 0.414. The number of carbonyl (C=O) groups is 1. The average molecular weight is 338 g/mol. The van der Waals surface area contributed by atoms with Crippen LogP contribution >= 0.6 is 0 Å². The number of methoxy groups -OCH3 is 1. The number of rotatable bonds is 4. The van der Waals surface area contributed by atoms with Crippen molar-refractivity contribution in [2.75, 3.05) is 7.11 Å². The van der Waals surface area contributed by atoms with Crippen LogP contribution < -0.4 is 5.56 Å². The normalized spacial score (nSPS) is 10.6. The molecule has 2 aromatic carbocycles. The van der Waals surface area contributed by atoms with Crippen molar-refractivity contribution in [3.63, 3.8) is 0 Å². The number of ether oxygens (including phenoxy) is 1. The van der Waals surface area contributed by atoms with E-state index in [0.29, 0.717) is 10.9 Å². The Labute approximate surface area is 142 Å². The summed E-state index contributed by atoms with van der Waals surface area (Å²) in [6.07, 6.45) is 0. The summed E-state index contributed by atoms with van der Waals surface area (Å²) in [5.41, 5.74) is 0.593. The Morgan fingerprint density at radius 2 is 1.88 bits per heavy atom. The van der Waals surface area contributed by atoms with Crippen LogP contribution in [0.1, 0.15) is 15.9 Å². The lowest BCUT2D eigenvalue weighted by Gasteiger charge is -2.12. The third-order valence-electron chi connectivity index (χ3n) is 3.88. The Balaban J connectivity index is 2.28. The van der Waals surface area contributed by atoms with Gasteiger partial charge in [0.1, 0.15) is 5.56 Å². The summed E-state index contributed by atoms with van der Waals surface area (Å²) in [6, 6.07) is 14.8. The number of non-ortho nitro benzene ring substituents is 1. The van der Waals surface area contributed by atoms with E-state index in [1.165, 1.54) is 35.9 Å². The summed E-state index contributed by atoms with van der Waals surface area (Å²) in [5, 5.41) is 11.4. The summed E-state index contributed by atoms with van der Waals surface area (Å²) in [7, 11) is 1.18. The van der Waals surface area contributed by atoms with E-state index in [9.17, 15) is 19.7 Å². The van der Waals surface area contributed by atoms with Gasteiger partial charge in [0, 0.05) is 17.5 Å². The lowest BCUT2D eigenvalue weighted by molar-refractivity contribution is -0.384. The number of pyridine rings is 1. The van der Waals surface area contributed by atoms with Crippen LogP contribution in [-0.4, -0.2) is 22.6 Å². The highest BCUT2D eigenvalue weighted by Gasteiger charge is 2.18. The zero-order valence-corrected chi connectivity index (χ0v) is 13.3. The van der Waals surface area contributed by atoms with Crippen molar-refractivity contribution < 1.29 is 14.5 Å². The van der Waals surface area contributed by atoms with Gasteiger partial charge in [-0.3, -0.25) is 14.9 Å². The highest BCUT2D eigenvalue weighted by Crippen LogP contribution is 2.21. The molecule has 0 saturated carbocycles. The zero-order valence-electron chi connectivity index (χ0n) is 13.3. The van der Waals surface area contributed by atoms with Crippen molar-refractivity contribution >= 4 is 22.6 Å². The summed E-state index contributed by atoms with van der Waals surface area (Å²) in [4.78, 5) is 35.2. The van der Waals surface area contributed by atoms with Gasteiger partial charge in [0.15, 0.2) is 0 Å². The van der Waals surface area contributed by atoms with Crippen molar-refractivity contribution in [2.24, 2.45) is 0 Å². The molecule has 0 saturated heterocycles. The molecule has 7 nitrogen and oxygen atoms in total. The molecule has 0 fully saturated rings. The first-order chi connectivity index (χ1) is 12.0. The van der Waals surface area contributed by atoms with Gasteiger partial charge in [-0.15, -0.1) is 0 Å². The molecule has 25 heavy (non-hydrogen) atoms. The second-order valence-corrected chi connectivity index (χ2v) is 5.43. The number of aromatic nitrogens is 1. The van der Waals surface area contributed by atoms with Crippen LogP contribution in [0.4, 0.5) is 5.69 Å². The van der Waals surface area contributed by atoms with Crippen molar-refractivity contribution in [3.8, 4) is 0 Å². The molecule has 3 rings (SSSR count). The number of hydrogen-bond donors (Lipinski definition) is 0. The standard InChI is InChI=1S/C18H14N2O5/c1-25-18(22)15-10-13-9-14(20(23)24)7-8-16(13)19(17(15)21)11-12-5-3-2-4-6-12/h2-10H,11H2,1H3. The topological polar surface area (TPSA) is 91.4 Å². The Kier molecular flexibility index (Phi) is 4.30. The van der Waals surface area contributed by atoms with Crippen LogP contribution in [0.15, 0.2) is 59.4 Å². The minimum Gasteiger partial charge on any atom is -0.465 e. The molecular weight excluding hydrogens is 324 g/mol. The van der Waals surface area contributed by atoms with E-state index < -0.39 is 16.5 Å². The number of carbonyl (C=O) groups excluding carboxylic acids is 1. The van der Waals surface area contributed by atoms with Crippen LogP contribution in [0, 0.1) is 10.1 Å². The molecule has 0 unspecified atom stereocenters. The SMILES string of the molecule is COC(=O)c1cc2cc([N+](=O)[O-])ccc2n(Cc2ccccc2)c1=O. The van der Waals surface area contributed by atoms with Crippen molar-refractivity contribution in [2.45, 2.75) is 6.54 Å². The number of nitrogens with zero attached hydrogens (tertiary/aromatic N) is 2. The van der Waals surface area contributed by atoms with E-state index in [1.54, 1.807) is 0 Å². The van der Waals surface area contributed by atoms with Crippen molar-refractivity contribution in [3.05, 3.63) is 86.2 Å². The number of fused-ring (bicyclic) bond motifs is 1. The number of esters is 1. The lowest BCUT2D eigenvalue weighted by atomic mass is 10.1. The largest absolute Gasteiger partial charge is 0.465 e. The molecule has 0 radical (unpaired) electrons. The van der Waals surface area contributed by atoms with E-state index in [-0.39, 0.29) is 17.8 Å². The van der Waals surface area contributed by atoms with Gasteiger partial charge in [0.25, 0.3) is 11.2 Å². The van der Waals surface area contributed by atoms with Crippen LogP contribution in [0.2, 0.25) is 0 Å². The maximum absolute atomic E-state index is 12.7. The predicted molar refractivity (Wildman–Crippen MR) is 91.7 cm³/mol. The van der Waals surface area contributed by atoms with Crippen LogP contribution in [0.3, 0.4) is 0 Å². The molecule has 1 heterocycles. The predicted octanol–water partition coefficient (Wildman–Crippen LogP) is 2.74. The third kappa shape index (κ3) is 3.12. The molecular formula is C18H14N2O5. The van der Waals surface area contributed by atoms with Gasteiger partial charge in [-0.2, -0.15) is 0 Å². The van der Waals surface area contributed by atoms with Gasteiger partial charge in [-0.25, -0.2) is 4.79 Å². The third-order valence-corrected chi connectivity index (χ3v) is 3.88. The van der Waals surface area contributed by atoms with Crippen LogP contribution in [0.25, 0.3) is 10.9 Å². The highest BCUT2D eigenvalue weighted by atomic mass is 16.6. The highest BCUT2D eigenvalue weighted by molar-refractivity contribution is 5.94. The first kappa shape index (κ1) is 16.4. The Morgan fingerprint density at radius 1 is 1.16 bits per heavy atom. The molecule has 0 N–H and O–H groups in total. The number of nitro benzene ring substituents is 1. The van der Waals surface area contributed by atoms with Gasteiger partial charge in [-0.05, 0) is 17.7 Å². The fraction of sp³-hybridized carbons (Fsp3) is 0.111.